The van der Waals surface area contributed by atoms with Crippen LogP contribution < -0.4 is 17.0 Å². The van der Waals surface area contributed by atoms with Crippen LogP contribution in [-0.2, 0) is 0 Å². The number of para-hydroxylation sites is 1. The first-order valence-corrected chi connectivity index (χ1v) is 4.88. The molecule has 0 N–H and O–H groups in total. The van der Waals surface area contributed by atoms with E-state index >= 15 is 0 Å². The van der Waals surface area contributed by atoms with Crippen molar-refractivity contribution >= 4 is 11.6 Å². The van der Waals surface area contributed by atoms with Crippen LogP contribution in [0, 0.1) is 6.92 Å². The topological polar surface area (TPSA) is 3.88 Å². The largest absolute Gasteiger partial charge is 1.00 e. The number of aryl methyl sites for hydroxylation is 1. The zero-order valence-corrected chi connectivity index (χ0v) is 9.83. The molecule has 2 rings (SSSR count). The lowest BCUT2D eigenvalue weighted by molar-refractivity contribution is -0.593. The van der Waals surface area contributed by atoms with Crippen LogP contribution in [0.25, 0.3) is 5.69 Å². The lowest BCUT2D eigenvalue weighted by atomic mass is 10.3. The van der Waals surface area contributed by atoms with Crippen molar-refractivity contribution in [1.29, 1.82) is 0 Å². The molecular weight excluding hydrogens is 229 g/mol. The highest BCUT2D eigenvalue weighted by Crippen LogP contribution is 2.08. The van der Waals surface area contributed by atoms with Gasteiger partial charge in [-0.3, -0.25) is 0 Å². The van der Waals surface area contributed by atoms with E-state index in [2.05, 4.69) is 0 Å². The predicted octanol–water partition coefficient (Wildman–Crippen LogP) is -0.0709. The van der Waals surface area contributed by atoms with Crippen LogP contribution in [0.4, 0.5) is 0 Å². The van der Waals surface area contributed by atoms with Gasteiger partial charge in [0.25, 0.3) is 5.15 Å². The van der Waals surface area contributed by atoms with Crippen molar-refractivity contribution in [3.8, 4) is 5.69 Å². The zero-order chi connectivity index (χ0) is 9.97. The highest BCUT2D eigenvalue weighted by molar-refractivity contribution is 6.28. The number of nitrogens with zero attached hydrogens (tertiary/aromatic N) is 1. The van der Waals surface area contributed by atoms with Crippen molar-refractivity contribution in [3.05, 3.63) is 59.4 Å². The Labute approximate surface area is 101 Å². The number of aromatic nitrogens is 1. The normalized spacial score (nSPS) is 9.47. The summed E-state index contributed by atoms with van der Waals surface area (Å²) in [4.78, 5) is 0. The average molecular weight is 240 g/mol. The van der Waals surface area contributed by atoms with E-state index in [4.69, 9.17) is 11.6 Å². The second kappa shape index (κ2) is 5.15. The van der Waals surface area contributed by atoms with Gasteiger partial charge < -0.3 is 12.4 Å². The van der Waals surface area contributed by atoms with Gasteiger partial charge >= 0.3 is 0 Å². The quantitative estimate of drug-likeness (QED) is 0.485. The zero-order valence-electron chi connectivity index (χ0n) is 8.32. The van der Waals surface area contributed by atoms with Crippen molar-refractivity contribution < 1.29 is 17.0 Å². The minimum atomic E-state index is 0. The van der Waals surface area contributed by atoms with Gasteiger partial charge in [-0.25, -0.2) is 0 Å². The Balaban J connectivity index is 0.00000112. The van der Waals surface area contributed by atoms with Gasteiger partial charge in [-0.15, -0.1) is 0 Å². The van der Waals surface area contributed by atoms with Crippen LogP contribution in [0.5, 0.6) is 0 Å². The van der Waals surface area contributed by atoms with Gasteiger partial charge in [0, 0.05) is 24.3 Å². The van der Waals surface area contributed by atoms with Gasteiger partial charge in [0.2, 0.25) is 5.69 Å². The Hall–Kier alpha value is -1.05. The summed E-state index contributed by atoms with van der Waals surface area (Å²) in [5.41, 5.74) is 2.25. The van der Waals surface area contributed by atoms with Crippen LogP contribution in [0.3, 0.4) is 0 Å². The van der Waals surface area contributed by atoms with E-state index in [1.165, 1.54) is 5.56 Å². The lowest BCUT2D eigenvalue weighted by Gasteiger charge is -1.97. The molecule has 0 radical (unpaired) electrons. The van der Waals surface area contributed by atoms with Crippen LogP contribution in [0.15, 0.2) is 48.7 Å². The Morgan fingerprint density at radius 2 is 1.73 bits per heavy atom. The van der Waals surface area contributed by atoms with Gasteiger partial charge in [-0.2, -0.15) is 4.57 Å². The molecule has 0 spiro atoms. The molecule has 0 saturated carbocycles. The summed E-state index contributed by atoms with van der Waals surface area (Å²) in [7, 11) is 0. The molecular formula is C12H11Cl2N. The molecule has 3 heteroatoms. The van der Waals surface area contributed by atoms with Crippen molar-refractivity contribution in [3.63, 3.8) is 0 Å². The maximum atomic E-state index is 6.13. The van der Waals surface area contributed by atoms with Gasteiger partial charge in [-0.1, -0.05) is 18.2 Å². The SMILES string of the molecule is Cc1cc[n+](-c2ccccc2)c(Cl)c1.[Cl-]. The summed E-state index contributed by atoms with van der Waals surface area (Å²) in [6.45, 7) is 2.03. The van der Waals surface area contributed by atoms with E-state index in [-0.39, 0.29) is 12.4 Å². The summed E-state index contributed by atoms with van der Waals surface area (Å²) in [5.74, 6) is 0. The fraction of sp³-hybridized carbons (Fsp3) is 0.0833. The third-order valence-electron chi connectivity index (χ3n) is 2.10. The standard InChI is InChI=1S/C12H11ClN.ClH/c1-10-7-8-14(12(13)9-10)11-5-3-2-4-6-11;/h2-9H,1H3;1H/q+1;/p-1. The molecule has 0 unspecified atom stereocenters. The van der Waals surface area contributed by atoms with E-state index in [0.29, 0.717) is 0 Å². The van der Waals surface area contributed by atoms with Gasteiger partial charge in [0.15, 0.2) is 6.20 Å². The number of pyridine rings is 1. The highest BCUT2D eigenvalue weighted by Gasteiger charge is 2.10. The second-order valence-electron chi connectivity index (χ2n) is 3.23. The smallest absolute Gasteiger partial charge is 0.280 e. The molecule has 78 valence electrons. The van der Waals surface area contributed by atoms with E-state index in [1.807, 2.05) is 60.2 Å². The lowest BCUT2D eigenvalue weighted by Crippen LogP contribution is -3.00. The average Bonchev–Trinajstić information content (AvgIpc) is 2.19. The van der Waals surface area contributed by atoms with Crippen molar-refractivity contribution in [2.24, 2.45) is 0 Å². The molecule has 0 fully saturated rings. The molecule has 1 aromatic heterocycles. The molecule has 1 heterocycles. The summed E-state index contributed by atoms with van der Waals surface area (Å²) in [5, 5.41) is 0.733. The Morgan fingerprint density at radius 3 is 2.33 bits per heavy atom. The number of hydrogen-bond donors (Lipinski definition) is 0. The van der Waals surface area contributed by atoms with E-state index in [0.717, 1.165) is 10.8 Å². The first-order valence-electron chi connectivity index (χ1n) is 4.50. The third-order valence-corrected chi connectivity index (χ3v) is 2.39. The summed E-state index contributed by atoms with van der Waals surface area (Å²) in [6, 6.07) is 14.0. The maximum Gasteiger partial charge on any atom is 0.280 e. The van der Waals surface area contributed by atoms with Gasteiger partial charge in [-0.05, 0) is 24.1 Å². The monoisotopic (exact) mass is 239 g/mol. The second-order valence-corrected chi connectivity index (χ2v) is 3.62. The van der Waals surface area contributed by atoms with E-state index in [9.17, 15) is 0 Å². The molecule has 15 heavy (non-hydrogen) atoms. The summed E-state index contributed by atoms with van der Waals surface area (Å²) >= 11 is 6.13. The van der Waals surface area contributed by atoms with E-state index in [1.54, 1.807) is 0 Å². The van der Waals surface area contributed by atoms with Crippen LogP contribution in [-0.4, -0.2) is 0 Å². The highest BCUT2D eigenvalue weighted by atomic mass is 35.5. The number of halogens is 2. The molecule has 0 aliphatic rings. The van der Waals surface area contributed by atoms with Crippen molar-refractivity contribution in [1.82, 2.24) is 0 Å². The molecule has 2 aromatic rings. The Bertz CT molecular complexity index is 441. The Morgan fingerprint density at radius 1 is 1.07 bits per heavy atom. The molecule has 1 aromatic carbocycles. The molecule has 0 saturated heterocycles. The fourth-order valence-electron chi connectivity index (χ4n) is 1.37. The van der Waals surface area contributed by atoms with Gasteiger partial charge in [0.1, 0.15) is 0 Å². The molecule has 0 bridgehead atoms. The van der Waals surface area contributed by atoms with Crippen LogP contribution in [0.2, 0.25) is 5.15 Å². The minimum Gasteiger partial charge on any atom is -1.00 e. The van der Waals surface area contributed by atoms with E-state index < -0.39 is 0 Å². The Kier molecular flexibility index (Phi) is 4.13. The van der Waals surface area contributed by atoms with Crippen LogP contribution in [0.1, 0.15) is 5.56 Å². The summed E-state index contributed by atoms with van der Waals surface area (Å²) in [6.07, 6.45) is 1.98. The molecule has 0 aliphatic heterocycles. The maximum absolute atomic E-state index is 6.13. The summed E-state index contributed by atoms with van der Waals surface area (Å²) < 4.78 is 1.95. The first kappa shape index (κ1) is 12.0. The van der Waals surface area contributed by atoms with Crippen molar-refractivity contribution in [2.75, 3.05) is 0 Å². The number of hydrogen-bond acceptors (Lipinski definition) is 0. The van der Waals surface area contributed by atoms with Crippen molar-refractivity contribution in [2.45, 2.75) is 6.92 Å². The molecule has 0 amide bonds. The van der Waals surface area contributed by atoms with Crippen LogP contribution >= 0.6 is 11.6 Å². The molecule has 0 aliphatic carbocycles. The molecule has 0 atom stereocenters. The first-order chi connectivity index (χ1) is 6.77. The van der Waals surface area contributed by atoms with Gasteiger partial charge in [0.05, 0.1) is 0 Å². The molecule has 1 nitrogen and oxygen atoms in total. The fourth-order valence-corrected chi connectivity index (χ4v) is 1.69. The number of benzene rings is 1. The minimum absolute atomic E-state index is 0. The third kappa shape index (κ3) is 2.71. The predicted molar refractivity (Wildman–Crippen MR) is 57.7 cm³/mol. The number of rotatable bonds is 1.